The van der Waals surface area contributed by atoms with Gasteiger partial charge >= 0.3 is 0 Å². The van der Waals surface area contributed by atoms with Gasteiger partial charge in [-0.2, -0.15) is 0 Å². The van der Waals surface area contributed by atoms with Crippen molar-refractivity contribution >= 4 is 5.78 Å². The molecule has 0 saturated carbocycles. The molecule has 26 heavy (non-hydrogen) atoms. The van der Waals surface area contributed by atoms with Crippen LogP contribution in [0.5, 0.6) is 0 Å². The standard InChI is InChI=1S/C23H34O3/c1-13(11-22-17(5)15(3)19(7)25-22)9-21(24)10-14(2)12-23-18(6)16(4)20(8)26-23/h13-14H,9-12H2,1-8H3. The van der Waals surface area contributed by atoms with Crippen LogP contribution in [0.1, 0.15) is 72.0 Å². The molecule has 3 nitrogen and oxygen atoms in total. The average Bonchev–Trinajstić information content (AvgIpc) is 2.92. The zero-order chi connectivity index (χ0) is 19.6. The molecule has 0 bridgehead atoms. The quantitative estimate of drug-likeness (QED) is 0.570. The Bertz CT molecular complexity index is 712. The van der Waals surface area contributed by atoms with E-state index in [0.717, 1.165) is 35.9 Å². The van der Waals surface area contributed by atoms with Crippen molar-refractivity contribution in [3.63, 3.8) is 0 Å². The molecule has 144 valence electrons. The molecule has 0 aromatic carbocycles. The summed E-state index contributed by atoms with van der Waals surface area (Å²) < 4.78 is 11.7. The molecular weight excluding hydrogens is 324 g/mol. The molecule has 2 atom stereocenters. The Morgan fingerprint density at radius 2 is 1.04 bits per heavy atom. The van der Waals surface area contributed by atoms with Crippen LogP contribution in [-0.2, 0) is 17.6 Å². The summed E-state index contributed by atoms with van der Waals surface area (Å²) in [6.07, 6.45) is 2.88. The first-order chi connectivity index (χ1) is 12.1. The third kappa shape index (κ3) is 4.69. The molecule has 0 radical (unpaired) electrons. The van der Waals surface area contributed by atoms with E-state index in [-0.39, 0.29) is 0 Å². The third-order valence-electron chi connectivity index (χ3n) is 5.79. The van der Waals surface area contributed by atoms with Gasteiger partial charge in [-0.15, -0.1) is 0 Å². The number of ketones is 1. The second kappa shape index (κ2) is 8.28. The van der Waals surface area contributed by atoms with Crippen molar-refractivity contribution in [1.29, 1.82) is 0 Å². The van der Waals surface area contributed by atoms with Gasteiger partial charge in [0, 0.05) is 25.7 Å². The summed E-state index contributed by atoms with van der Waals surface area (Å²) >= 11 is 0. The maximum Gasteiger partial charge on any atom is 0.133 e. The minimum atomic E-state index is 0.299. The maximum absolute atomic E-state index is 12.5. The van der Waals surface area contributed by atoms with Gasteiger partial charge in [0.1, 0.15) is 28.8 Å². The lowest BCUT2D eigenvalue weighted by Gasteiger charge is -2.13. The van der Waals surface area contributed by atoms with Crippen LogP contribution in [0.4, 0.5) is 0 Å². The fourth-order valence-corrected chi connectivity index (χ4v) is 3.65. The highest BCUT2D eigenvalue weighted by molar-refractivity contribution is 5.78. The van der Waals surface area contributed by atoms with Crippen LogP contribution in [0.25, 0.3) is 0 Å². The van der Waals surface area contributed by atoms with E-state index in [0.29, 0.717) is 30.5 Å². The van der Waals surface area contributed by atoms with Crippen LogP contribution >= 0.6 is 0 Å². The number of carbonyl (C=O) groups excluding carboxylic acids is 1. The molecule has 0 N–H and O–H groups in total. The normalized spacial score (nSPS) is 13.8. The van der Waals surface area contributed by atoms with Crippen LogP contribution in [0, 0.1) is 53.4 Å². The van der Waals surface area contributed by atoms with Gasteiger partial charge in [0.25, 0.3) is 0 Å². The highest BCUT2D eigenvalue weighted by Gasteiger charge is 2.19. The van der Waals surface area contributed by atoms with Gasteiger partial charge in [0.15, 0.2) is 0 Å². The minimum absolute atomic E-state index is 0.299. The zero-order valence-corrected chi connectivity index (χ0v) is 17.7. The largest absolute Gasteiger partial charge is 0.466 e. The van der Waals surface area contributed by atoms with E-state index in [1.807, 2.05) is 13.8 Å². The molecule has 0 saturated heterocycles. The molecule has 2 rings (SSSR count). The first kappa shape index (κ1) is 20.5. The Morgan fingerprint density at radius 3 is 1.31 bits per heavy atom. The summed E-state index contributed by atoms with van der Waals surface area (Å²) in [5.41, 5.74) is 4.92. The molecule has 2 unspecified atom stereocenters. The fraction of sp³-hybridized carbons (Fsp3) is 0.609. The number of furan rings is 2. The number of hydrogen-bond donors (Lipinski definition) is 0. The van der Waals surface area contributed by atoms with E-state index < -0.39 is 0 Å². The Morgan fingerprint density at radius 1 is 0.692 bits per heavy atom. The Balaban J connectivity index is 1.87. The van der Waals surface area contributed by atoms with Crippen molar-refractivity contribution in [3.8, 4) is 0 Å². The van der Waals surface area contributed by atoms with Crippen LogP contribution < -0.4 is 0 Å². The van der Waals surface area contributed by atoms with E-state index in [1.54, 1.807) is 0 Å². The van der Waals surface area contributed by atoms with Crippen LogP contribution in [0.15, 0.2) is 8.83 Å². The molecule has 0 aliphatic heterocycles. The van der Waals surface area contributed by atoms with Crippen LogP contribution in [-0.4, -0.2) is 5.78 Å². The highest BCUT2D eigenvalue weighted by Crippen LogP contribution is 2.26. The first-order valence-corrected chi connectivity index (χ1v) is 9.72. The van der Waals surface area contributed by atoms with Crippen molar-refractivity contribution in [3.05, 3.63) is 45.3 Å². The van der Waals surface area contributed by atoms with Crippen molar-refractivity contribution in [1.82, 2.24) is 0 Å². The number of aryl methyl sites for hydroxylation is 2. The molecular formula is C23H34O3. The van der Waals surface area contributed by atoms with Gasteiger partial charge in [-0.3, -0.25) is 4.79 Å². The maximum atomic E-state index is 12.5. The van der Waals surface area contributed by atoms with Crippen molar-refractivity contribution in [2.24, 2.45) is 11.8 Å². The van der Waals surface area contributed by atoms with E-state index in [4.69, 9.17) is 8.83 Å². The molecule has 2 heterocycles. The summed E-state index contributed by atoms with van der Waals surface area (Å²) in [5.74, 6) is 4.98. The predicted octanol–water partition coefficient (Wildman–Crippen LogP) is 6.13. The summed E-state index contributed by atoms with van der Waals surface area (Å²) in [6, 6.07) is 0. The van der Waals surface area contributed by atoms with E-state index in [1.165, 1.54) is 22.3 Å². The first-order valence-electron chi connectivity index (χ1n) is 9.72. The molecule has 0 amide bonds. The monoisotopic (exact) mass is 358 g/mol. The third-order valence-corrected chi connectivity index (χ3v) is 5.79. The van der Waals surface area contributed by atoms with Crippen LogP contribution in [0.3, 0.4) is 0 Å². The smallest absolute Gasteiger partial charge is 0.133 e. The highest BCUT2D eigenvalue weighted by atomic mass is 16.3. The number of rotatable bonds is 8. The van der Waals surface area contributed by atoms with Crippen LogP contribution in [0.2, 0.25) is 0 Å². The van der Waals surface area contributed by atoms with Gasteiger partial charge in [0.05, 0.1) is 0 Å². The summed E-state index contributed by atoms with van der Waals surface area (Å²) in [4.78, 5) is 12.5. The SMILES string of the molecule is Cc1oc(CC(C)CC(=O)CC(C)Cc2oc(C)c(C)c2C)c(C)c1C. The minimum Gasteiger partial charge on any atom is -0.466 e. The number of carbonyl (C=O) groups is 1. The number of hydrogen-bond acceptors (Lipinski definition) is 3. The second-order valence-electron chi connectivity index (χ2n) is 8.23. The van der Waals surface area contributed by atoms with Gasteiger partial charge in [-0.1, -0.05) is 13.8 Å². The Kier molecular flexibility index (Phi) is 6.54. The fourth-order valence-electron chi connectivity index (χ4n) is 3.65. The van der Waals surface area contributed by atoms with E-state index >= 15 is 0 Å². The lowest BCUT2D eigenvalue weighted by Crippen LogP contribution is -2.13. The Hall–Kier alpha value is -1.77. The average molecular weight is 359 g/mol. The lowest BCUT2D eigenvalue weighted by atomic mass is 9.91. The topological polar surface area (TPSA) is 43.4 Å². The van der Waals surface area contributed by atoms with Gasteiger partial charge in [-0.25, -0.2) is 0 Å². The van der Waals surface area contributed by atoms with Crippen molar-refractivity contribution in [2.45, 2.75) is 81.1 Å². The second-order valence-corrected chi connectivity index (χ2v) is 8.23. The summed E-state index contributed by atoms with van der Waals surface area (Å²) in [7, 11) is 0. The number of Topliss-reactive ketones (excluding diaryl/α,β-unsaturated/α-hetero) is 1. The van der Waals surface area contributed by atoms with E-state index in [9.17, 15) is 4.79 Å². The van der Waals surface area contributed by atoms with Gasteiger partial charge in [-0.05, 0) is 75.6 Å². The molecule has 2 aromatic heterocycles. The van der Waals surface area contributed by atoms with Gasteiger partial charge < -0.3 is 8.83 Å². The zero-order valence-electron chi connectivity index (χ0n) is 17.7. The molecule has 2 aromatic rings. The molecule has 0 fully saturated rings. The molecule has 0 spiro atoms. The molecule has 0 aliphatic rings. The van der Waals surface area contributed by atoms with E-state index in [2.05, 4.69) is 41.5 Å². The predicted molar refractivity (Wildman–Crippen MR) is 106 cm³/mol. The summed E-state index contributed by atoms with van der Waals surface area (Å²) in [6.45, 7) is 16.7. The summed E-state index contributed by atoms with van der Waals surface area (Å²) in [5, 5.41) is 0. The van der Waals surface area contributed by atoms with Gasteiger partial charge in [0.2, 0.25) is 0 Å². The van der Waals surface area contributed by atoms with Crippen molar-refractivity contribution in [2.75, 3.05) is 0 Å². The Labute approximate surface area is 158 Å². The van der Waals surface area contributed by atoms with Crippen molar-refractivity contribution < 1.29 is 13.6 Å². The lowest BCUT2D eigenvalue weighted by molar-refractivity contribution is -0.120. The molecule has 0 aliphatic carbocycles. The molecule has 3 heteroatoms.